The molecule has 0 unspecified atom stereocenters. The number of hydrogen-bond acceptors (Lipinski definition) is 0. The van der Waals surface area contributed by atoms with Crippen molar-refractivity contribution in [3.05, 3.63) is 0 Å². The van der Waals surface area contributed by atoms with Gasteiger partial charge in [0.2, 0.25) is 0 Å². The van der Waals surface area contributed by atoms with Crippen molar-refractivity contribution in [1.82, 2.24) is 0 Å². The SMILES string of the molecule is CCCCCCCCCCCCCCCCCC[N+]1(C)CC[N+](C)(CCCCCCCCCCCCCCCCCC)CC1. The van der Waals surface area contributed by atoms with Crippen LogP contribution >= 0.6 is 0 Å². The fraction of sp³-hybridized carbons (Fsp3) is 1.00. The molecule has 0 aliphatic carbocycles. The molecule has 0 spiro atoms. The van der Waals surface area contributed by atoms with Crippen LogP contribution < -0.4 is 0 Å². The lowest BCUT2D eigenvalue weighted by Gasteiger charge is -2.46. The average Bonchev–Trinajstić information content (AvgIpc) is 3.02. The van der Waals surface area contributed by atoms with E-state index in [1.807, 2.05) is 0 Å². The van der Waals surface area contributed by atoms with E-state index in [2.05, 4.69) is 27.9 Å². The zero-order valence-corrected chi connectivity index (χ0v) is 31.8. The van der Waals surface area contributed by atoms with Crippen LogP contribution in [0.2, 0.25) is 0 Å². The van der Waals surface area contributed by atoms with E-state index in [1.54, 1.807) is 0 Å². The molecular weight excluding hydrogens is 532 g/mol. The molecule has 0 radical (unpaired) electrons. The summed E-state index contributed by atoms with van der Waals surface area (Å²) < 4.78 is 2.71. The number of piperazine rings is 1. The Kier molecular flexibility index (Phi) is 28.9. The second-order valence-corrected chi connectivity index (χ2v) is 16.2. The Morgan fingerprint density at radius 3 is 0.591 bits per heavy atom. The standard InChI is InChI=1S/C42H88N2/c1-5-7-9-11-13-15-17-19-21-23-25-27-29-31-33-35-37-43(3)39-41-44(4,42-40-43)38-36-34-32-30-28-26-24-22-20-18-16-14-12-10-8-6-2/h5-42H2,1-4H3/q+2. The third kappa shape index (κ3) is 26.0. The topological polar surface area (TPSA) is 0 Å². The molecule has 1 rings (SSSR count). The van der Waals surface area contributed by atoms with E-state index in [1.165, 1.54) is 254 Å². The Hall–Kier alpha value is -0.0800. The third-order valence-corrected chi connectivity index (χ3v) is 11.5. The summed E-state index contributed by atoms with van der Waals surface area (Å²) in [5.74, 6) is 0. The fourth-order valence-electron chi connectivity index (χ4n) is 7.72. The molecule has 0 aromatic rings. The number of unbranched alkanes of at least 4 members (excludes halogenated alkanes) is 30. The van der Waals surface area contributed by atoms with Gasteiger partial charge >= 0.3 is 0 Å². The molecule has 2 heteroatoms. The van der Waals surface area contributed by atoms with Gasteiger partial charge < -0.3 is 8.97 Å². The largest absolute Gasteiger partial charge is 0.317 e. The van der Waals surface area contributed by atoms with Gasteiger partial charge in [0.25, 0.3) is 0 Å². The number of rotatable bonds is 34. The minimum atomic E-state index is 1.35. The minimum absolute atomic E-state index is 1.35. The molecule has 1 aliphatic rings. The van der Waals surface area contributed by atoms with Crippen molar-refractivity contribution in [2.75, 3.05) is 53.4 Å². The van der Waals surface area contributed by atoms with Gasteiger partial charge in [-0.1, -0.05) is 194 Å². The van der Waals surface area contributed by atoms with Gasteiger partial charge in [-0.3, -0.25) is 0 Å². The van der Waals surface area contributed by atoms with Gasteiger partial charge in [-0.2, -0.15) is 0 Å². The molecule has 1 fully saturated rings. The van der Waals surface area contributed by atoms with Gasteiger partial charge in [-0.25, -0.2) is 0 Å². The first-order valence-corrected chi connectivity index (χ1v) is 21.2. The molecule has 1 aliphatic heterocycles. The predicted octanol–water partition coefficient (Wildman–Crippen LogP) is 13.4. The predicted molar refractivity (Wildman–Crippen MR) is 201 cm³/mol. The van der Waals surface area contributed by atoms with Crippen LogP contribution in [0.5, 0.6) is 0 Å². The van der Waals surface area contributed by atoms with Crippen LogP contribution in [0.1, 0.15) is 219 Å². The van der Waals surface area contributed by atoms with Gasteiger partial charge in [0.15, 0.2) is 0 Å². The van der Waals surface area contributed by atoms with Gasteiger partial charge in [0.05, 0.1) is 27.2 Å². The number of quaternary nitrogens is 2. The Morgan fingerprint density at radius 2 is 0.409 bits per heavy atom. The number of likely N-dealkylation sites (N-methyl/N-ethyl adjacent to an activating group) is 2. The van der Waals surface area contributed by atoms with Crippen molar-refractivity contribution < 1.29 is 8.97 Å². The monoisotopic (exact) mass is 621 g/mol. The number of nitrogens with zero attached hydrogens (tertiary/aromatic N) is 2. The third-order valence-electron chi connectivity index (χ3n) is 11.5. The zero-order chi connectivity index (χ0) is 31.9. The molecule has 0 amide bonds. The Labute approximate surface area is 281 Å². The smallest absolute Gasteiger partial charge is 0.128 e. The summed E-state index contributed by atoms with van der Waals surface area (Å²) in [5, 5.41) is 0. The van der Waals surface area contributed by atoms with E-state index in [9.17, 15) is 0 Å². The van der Waals surface area contributed by atoms with Crippen molar-refractivity contribution in [3.63, 3.8) is 0 Å². The van der Waals surface area contributed by atoms with Crippen molar-refractivity contribution >= 4 is 0 Å². The van der Waals surface area contributed by atoms with Crippen molar-refractivity contribution in [2.24, 2.45) is 0 Å². The van der Waals surface area contributed by atoms with Crippen LogP contribution in [0, 0.1) is 0 Å². The van der Waals surface area contributed by atoms with Crippen LogP contribution in [0.4, 0.5) is 0 Å². The van der Waals surface area contributed by atoms with E-state index in [0.717, 1.165) is 0 Å². The van der Waals surface area contributed by atoms with Gasteiger partial charge in [-0.15, -0.1) is 0 Å². The summed E-state index contributed by atoms with van der Waals surface area (Å²) in [6.45, 7) is 13.1. The molecule has 0 atom stereocenters. The highest BCUT2D eigenvalue weighted by molar-refractivity contribution is 4.55. The second-order valence-electron chi connectivity index (χ2n) is 16.2. The molecule has 44 heavy (non-hydrogen) atoms. The fourth-order valence-corrected chi connectivity index (χ4v) is 7.72. The summed E-state index contributed by atoms with van der Waals surface area (Å²) in [7, 11) is 5.12. The maximum absolute atomic E-state index is 2.56. The molecular formula is C42H88N2+2. The van der Waals surface area contributed by atoms with Crippen LogP contribution in [0.3, 0.4) is 0 Å². The van der Waals surface area contributed by atoms with Crippen molar-refractivity contribution in [2.45, 2.75) is 219 Å². The highest BCUT2D eigenvalue weighted by atomic mass is 15.4. The Bertz CT molecular complexity index is 514. The molecule has 0 bridgehead atoms. The Morgan fingerprint density at radius 1 is 0.250 bits per heavy atom. The normalized spacial score (nSPS) is 20.5. The van der Waals surface area contributed by atoms with E-state index in [-0.39, 0.29) is 0 Å². The van der Waals surface area contributed by atoms with Crippen LogP contribution in [-0.4, -0.2) is 62.3 Å². The molecule has 264 valence electrons. The minimum Gasteiger partial charge on any atom is -0.317 e. The molecule has 1 saturated heterocycles. The molecule has 0 saturated carbocycles. The first-order chi connectivity index (χ1) is 21.5. The van der Waals surface area contributed by atoms with E-state index >= 15 is 0 Å². The summed E-state index contributed by atoms with van der Waals surface area (Å²) in [6, 6.07) is 0. The first-order valence-electron chi connectivity index (χ1n) is 21.2. The van der Waals surface area contributed by atoms with Gasteiger partial charge in [-0.05, 0) is 25.7 Å². The maximum atomic E-state index is 2.56. The molecule has 0 aromatic carbocycles. The maximum Gasteiger partial charge on any atom is 0.128 e. The molecule has 2 nitrogen and oxygen atoms in total. The average molecular weight is 621 g/mol. The van der Waals surface area contributed by atoms with Crippen LogP contribution in [-0.2, 0) is 0 Å². The van der Waals surface area contributed by atoms with Crippen molar-refractivity contribution in [1.29, 1.82) is 0 Å². The summed E-state index contributed by atoms with van der Waals surface area (Å²) >= 11 is 0. The first kappa shape index (κ1) is 41.9. The highest BCUT2D eigenvalue weighted by Crippen LogP contribution is 2.20. The van der Waals surface area contributed by atoms with Gasteiger partial charge in [0.1, 0.15) is 26.2 Å². The van der Waals surface area contributed by atoms with E-state index < -0.39 is 0 Å². The van der Waals surface area contributed by atoms with Crippen LogP contribution in [0.15, 0.2) is 0 Å². The molecule has 1 heterocycles. The summed E-state index contributed by atoms with van der Waals surface area (Å²) in [6.07, 6.45) is 47.1. The lowest BCUT2D eigenvalue weighted by Crippen LogP contribution is -2.64. The summed E-state index contributed by atoms with van der Waals surface area (Å²) in [5.41, 5.74) is 0. The lowest BCUT2D eigenvalue weighted by molar-refractivity contribution is -1.02. The second kappa shape index (κ2) is 30.3. The Balaban J connectivity index is 1.86. The quantitative estimate of drug-likeness (QED) is 0.0496. The lowest BCUT2D eigenvalue weighted by atomic mass is 10.0. The van der Waals surface area contributed by atoms with E-state index in [0.29, 0.717) is 0 Å². The molecule has 0 aromatic heterocycles. The van der Waals surface area contributed by atoms with Crippen molar-refractivity contribution in [3.8, 4) is 0 Å². The summed E-state index contributed by atoms with van der Waals surface area (Å²) in [4.78, 5) is 0. The van der Waals surface area contributed by atoms with Crippen LogP contribution in [0.25, 0.3) is 0 Å². The zero-order valence-electron chi connectivity index (χ0n) is 31.8. The van der Waals surface area contributed by atoms with Gasteiger partial charge in [0, 0.05) is 0 Å². The van der Waals surface area contributed by atoms with E-state index in [4.69, 9.17) is 0 Å². The highest BCUT2D eigenvalue weighted by Gasteiger charge is 2.36. The number of hydrogen-bond donors (Lipinski definition) is 0. The molecule has 0 N–H and O–H groups in total.